The zero-order valence-corrected chi connectivity index (χ0v) is 6.71. The second-order valence-electron chi connectivity index (χ2n) is 3.59. The van der Waals surface area contributed by atoms with Crippen LogP contribution in [-0.4, -0.2) is 49.1 Å². The van der Waals surface area contributed by atoms with Gasteiger partial charge in [-0.15, -0.1) is 0 Å². The van der Waals surface area contributed by atoms with Crippen LogP contribution in [0.25, 0.3) is 0 Å². The van der Waals surface area contributed by atoms with Gasteiger partial charge in [0, 0.05) is 25.7 Å². The summed E-state index contributed by atoms with van der Waals surface area (Å²) >= 11 is 0. The summed E-state index contributed by atoms with van der Waals surface area (Å²) in [6.45, 7) is 5.25. The number of likely N-dealkylation sites (N-methyl/N-ethyl adjacent to an activating group) is 1. The molecule has 0 spiro atoms. The van der Waals surface area contributed by atoms with Gasteiger partial charge in [0.25, 0.3) is 0 Å². The fraction of sp³-hybridized carbons (Fsp3) is 1.00. The molecule has 0 bridgehead atoms. The van der Waals surface area contributed by atoms with E-state index >= 15 is 0 Å². The van der Waals surface area contributed by atoms with Crippen molar-refractivity contribution >= 4 is 0 Å². The van der Waals surface area contributed by atoms with Gasteiger partial charge in [0.05, 0.1) is 0 Å². The third-order valence-electron chi connectivity index (χ3n) is 2.79. The molecule has 2 heteroatoms. The maximum Gasteiger partial charge on any atom is 0.0224 e. The molecule has 2 nitrogen and oxygen atoms in total. The topological polar surface area (TPSA) is 6.48 Å². The number of hydrogen-bond donors (Lipinski definition) is 0. The zero-order valence-electron chi connectivity index (χ0n) is 6.71. The summed E-state index contributed by atoms with van der Waals surface area (Å²) in [5.41, 5.74) is 0. The molecule has 0 aromatic heterocycles. The van der Waals surface area contributed by atoms with E-state index in [4.69, 9.17) is 0 Å². The van der Waals surface area contributed by atoms with Gasteiger partial charge < -0.3 is 4.90 Å². The molecule has 2 aliphatic heterocycles. The van der Waals surface area contributed by atoms with Crippen LogP contribution in [0.5, 0.6) is 0 Å². The molecule has 2 aliphatic rings. The zero-order chi connectivity index (χ0) is 6.97. The number of fused-ring (bicyclic) bond motifs is 1. The highest BCUT2D eigenvalue weighted by atomic mass is 15.3. The molecule has 0 N–H and O–H groups in total. The summed E-state index contributed by atoms with van der Waals surface area (Å²) in [5, 5.41) is 0. The summed E-state index contributed by atoms with van der Waals surface area (Å²) in [4.78, 5) is 5.09. The minimum atomic E-state index is 0.902. The van der Waals surface area contributed by atoms with Gasteiger partial charge >= 0.3 is 0 Å². The Kier molecular flexibility index (Phi) is 1.66. The number of rotatable bonds is 0. The average Bonchev–Trinajstić information content (AvgIpc) is 2.33. The molecule has 0 amide bonds. The average molecular weight is 140 g/mol. The van der Waals surface area contributed by atoms with E-state index in [2.05, 4.69) is 16.8 Å². The lowest BCUT2D eigenvalue weighted by Gasteiger charge is -2.35. The van der Waals surface area contributed by atoms with E-state index in [9.17, 15) is 0 Å². The van der Waals surface area contributed by atoms with Crippen molar-refractivity contribution in [2.24, 2.45) is 0 Å². The van der Waals surface area contributed by atoms with Crippen LogP contribution in [0.4, 0.5) is 0 Å². The quantitative estimate of drug-likeness (QED) is 0.480. The first-order chi connectivity index (χ1) is 4.86. The highest BCUT2D eigenvalue weighted by molar-refractivity contribution is 4.85. The van der Waals surface area contributed by atoms with Gasteiger partial charge in [-0.3, -0.25) is 4.90 Å². The molecule has 2 saturated heterocycles. The predicted octanol–water partition coefficient (Wildman–Crippen LogP) is 0.396. The summed E-state index contributed by atoms with van der Waals surface area (Å²) in [5.74, 6) is 0. The van der Waals surface area contributed by atoms with Crippen LogP contribution in [0.15, 0.2) is 0 Å². The highest BCUT2D eigenvalue weighted by Gasteiger charge is 2.28. The molecule has 0 aromatic carbocycles. The monoisotopic (exact) mass is 140 g/mol. The van der Waals surface area contributed by atoms with Crippen molar-refractivity contribution in [2.75, 3.05) is 33.2 Å². The van der Waals surface area contributed by atoms with Crippen molar-refractivity contribution in [2.45, 2.75) is 18.9 Å². The molecular formula is C8H16N2. The summed E-state index contributed by atoms with van der Waals surface area (Å²) in [6.07, 6.45) is 2.86. The summed E-state index contributed by atoms with van der Waals surface area (Å²) in [6, 6.07) is 0.902. The van der Waals surface area contributed by atoms with Crippen molar-refractivity contribution in [3.8, 4) is 0 Å². The smallest absolute Gasteiger partial charge is 0.0224 e. The van der Waals surface area contributed by atoms with Crippen LogP contribution in [0.1, 0.15) is 12.8 Å². The van der Waals surface area contributed by atoms with Crippen LogP contribution < -0.4 is 0 Å². The Labute approximate surface area is 62.8 Å². The largest absolute Gasteiger partial charge is 0.304 e. The van der Waals surface area contributed by atoms with Crippen molar-refractivity contribution in [1.29, 1.82) is 0 Å². The molecule has 2 rings (SSSR count). The van der Waals surface area contributed by atoms with Crippen molar-refractivity contribution in [3.05, 3.63) is 0 Å². The highest BCUT2D eigenvalue weighted by Crippen LogP contribution is 2.20. The first kappa shape index (κ1) is 6.62. The predicted molar refractivity (Wildman–Crippen MR) is 42.1 cm³/mol. The molecular weight excluding hydrogens is 124 g/mol. The Morgan fingerprint density at radius 3 is 3.00 bits per heavy atom. The van der Waals surface area contributed by atoms with Crippen molar-refractivity contribution in [1.82, 2.24) is 9.80 Å². The third kappa shape index (κ3) is 1.06. The molecule has 0 aliphatic carbocycles. The van der Waals surface area contributed by atoms with Crippen LogP contribution in [0, 0.1) is 0 Å². The van der Waals surface area contributed by atoms with E-state index in [1.807, 2.05) is 0 Å². The van der Waals surface area contributed by atoms with Crippen molar-refractivity contribution < 1.29 is 0 Å². The third-order valence-corrected chi connectivity index (χ3v) is 2.79. The Balaban J connectivity index is 1.96. The molecule has 58 valence electrons. The molecule has 1 atom stereocenters. The molecule has 2 heterocycles. The van der Waals surface area contributed by atoms with Crippen LogP contribution in [-0.2, 0) is 0 Å². The lowest BCUT2D eigenvalue weighted by atomic mass is 10.2. The fourth-order valence-corrected chi connectivity index (χ4v) is 2.15. The molecule has 0 saturated carbocycles. The number of nitrogens with zero attached hydrogens (tertiary/aromatic N) is 2. The molecule has 0 aromatic rings. The Bertz CT molecular complexity index is 124. The Hall–Kier alpha value is -0.0800. The van der Waals surface area contributed by atoms with E-state index < -0.39 is 0 Å². The lowest BCUT2D eigenvalue weighted by Crippen LogP contribution is -2.48. The second-order valence-corrected chi connectivity index (χ2v) is 3.59. The number of piperazine rings is 1. The maximum atomic E-state index is 2.64. The van der Waals surface area contributed by atoms with Gasteiger partial charge in [-0.2, -0.15) is 0 Å². The van der Waals surface area contributed by atoms with Gasteiger partial charge in [-0.25, -0.2) is 0 Å². The number of hydrogen-bond acceptors (Lipinski definition) is 2. The standard InChI is InChI=1S/C8H16N2/c1-9-5-6-10-4-2-3-8(10)7-9/h8H,2-7H2,1H3/t8-/m0/s1. The minimum absolute atomic E-state index is 0.902. The molecule has 10 heavy (non-hydrogen) atoms. The fourth-order valence-electron chi connectivity index (χ4n) is 2.15. The van der Waals surface area contributed by atoms with Gasteiger partial charge in [0.1, 0.15) is 0 Å². The normalized spacial score (nSPS) is 36.3. The van der Waals surface area contributed by atoms with Crippen LogP contribution in [0.3, 0.4) is 0 Å². The minimum Gasteiger partial charge on any atom is -0.304 e. The van der Waals surface area contributed by atoms with Gasteiger partial charge in [0.15, 0.2) is 0 Å². The van der Waals surface area contributed by atoms with Crippen LogP contribution in [0.2, 0.25) is 0 Å². The molecule has 0 unspecified atom stereocenters. The van der Waals surface area contributed by atoms with Crippen LogP contribution >= 0.6 is 0 Å². The Morgan fingerprint density at radius 1 is 1.20 bits per heavy atom. The van der Waals surface area contributed by atoms with E-state index in [-0.39, 0.29) is 0 Å². The SMILES string of the molecule is CN1CCN2CCC[C@H]2C1. The summed E-state index contributed by atoms with van der Waals surface area (Å²) < 4.78 is 0. The van der Waals surface area contributed by atoms with E-state index in [1.54, 1.807) is 0 Å². The maximum absolute atomic E-state index is 2.64. The molecule has 0 radical (unpaired) electrons. The summed E-state index contributed by atoms with van der Waals surface area (Å²) in [7, 11) is 2.23. The van der Waals surface area contributed by atoms with E-state index in [0.717, 1.165) is 6.04 Å². The first-order valence-corrected chi connectivity index (χ1v) is 4.29. The van der Waals surface area contributed by atoms with Gasteiger partial charge in [-0.05, 0) is 26.4 Å². The van der Waals surface area contributed by atoms with E-state index in [0.29, 0.717) is 0 Å². The van der Waals surface area contributed by atoms with Gasteiger partial charge in [-0.1, -0.05) is 0 Å². The van der Waals surface area contributed by atoms with E-state index in [1.165, 1.54) is 39.0 Å². The Morgan fingerprint density at radius 2 is 2.10 bits per heavy atom. The van der Waals surface area contributed by atoms with Gasteiger partial charge in [0.2, 0.25) is 0 Å². The first-order valence-electron chi connectivity index (χ1n) is 4.29. The van der Waals surface area contributed by atoms with Crippen molar-refractivity contribution in [3.63, 3.8) is 0 Å². The lowest BCUT2D eigenvalue weighted by molar-refractivity contribution is 0.124. The second kappa shape index (κ2) is 2.51. The molecule has 2 fully saturated rings.